The maximum Gasteiger partial charge on any atom is 0.341 e. The highest BCUT2D eigenvalue weighted by molar-refractivity contribution is 9.11. The van der Waals surface area contributed by atoms with Crippen molar-refractivity contribution >= 4 is 67.4 Å². The molecule has 0 unspecified atom stereocenters. The molecule has 0 aliphatic carbocycles. The van der Waals surface area contributed by atoms with E-state index in [0.29, 0.717) is 20.2 Å². The van der Waals surface area contributed by atoms with Crippen LogP contribution in [0.5, 0.6) is 5.75 Å². The van der Waals surface area contributed by atoms with Gasteiger partial charge in [-0.3, -0.25) is 14.9 Å². The molecular formula is C22H18Br2N2O6. The largest absolute Gasteiger partial charge is 0.480 e. The molecule has 0 aromatic heterocycles. The number of carboxylic acids is 1. The molecule has 1 heterocycles. The van der Waals surface area contributed by atoms with Crippen molar-refractivity contribution < 1.29 is 29.0 Å². The van der Waals surface area contributed by atoms with Crippen LogP contribution in [-0.4, -0.2) is 35.5 Å². The maximum atomic E-state index is 13.0. The molecule has 8 nitrogen and oxygen atoms in total. The van der Waals surface area contributed by atoms with E-state index < -0.39 is 30.4 Å². The van der Waals surface area contributed by atoms with Crippen molar-refractivity contribution in [1.29, 1.82) is 0 Å². The van der Waals surface area contributed by atoms with E-state index in [1.54, 1.807) is 24.3 Å². The fourth-order valence-electron chi connectivity index (χ4n) is 3.00. The number of rotatable bonds is 6. The van der Waals surface area contributed by atoms with Gasteiger partial charge in [-0.25, -0.2) is 14.5 Å². The van der Waals surface area contributed by atoms with Gasteiger partial charge in [0.2, 0.25) is 0 Å². The monoisotopic (exact) mass is 564 g/mol. The van der Waals surface area contributed by atoms with Gasteiger partial charge in [0.1, 0.15) is 11.3 Å². The normalized spacial score (nSPS) is 15.3. The molecule has 2 aromatic carbocycles. The van der Waals surface area contributed by atoms with Crippen LogP contribution in [-0.2, 0) is 14.4 Å². The van der Waals surface area contributed by atoms with Crippen LogP contribution in [0.15, 0.2) is 50.9 Å². The first-order valence-electron chi connectivity index (χ1n) is 9.43. The number of carbonyl (C=O) groups excluding carboxylic acids is 3. The summed E-state index contributed by atoms with van der Waals surface area (Å²) in [5, 5.41) is 11.0. The van der Waals surface area contributed by atoms with Gasteiger partial charge in [0.05, 0.1) is 14.6 Å². The molecule has 0 radical (unpaired) electrons. The second kappa shape index (κ2) is 9.66. The lowest BCUT2D eigenvalue weighted by atomic mass is 10.0. The number of anilines is 1. The van der Waals surface area contributed by atoms with Crippen LogP contribution in [0, 0.1) is 0 Å². The molecule has 0 bridgehead atoms. The summed E-state index contributed by atoms with van der Waals surface area (Å²) in [6.45, 7) is 3.52. The van der Waals surface area contributed by atoms with E-state index in [1.807, 2.05) is 26.0 Å². The Labute approximate surface area is 200 Å². The topological polar surface area (TPSA) is 113 Å². The summed E-state index contributed by atoms with van der Waals surface area (Å²) in [5.41, 5.74) is 1.62. The number of nitrogens with zero attached hydrogens (tertiary/aromatic N) is 1. The van der Waals surface area contributed by atoms with Gasteiger partial charge >= 0.3 is 12.0 Å². The van der Waals surface area contributed by atoms with Gasteiger partial charge < -0.3 is 9.84 Å². The number of ether oxygens (including phenoxy) is 1. The molecule has 1 aliphatic rings. The second-order valence-corrected chi connectivity index (χ2v) is 8.91. The van der Waals surface area contributed by atoms with E-state index in [4.69, 9.17) is 9.84 Å². The number of amides is 4. The van der Waals surface area contributed by atoms with Crippen molar-refractivity contribution in [2.24, 2.45) is 0 Å². The zero-order valence-electron chi connectivity index (χ0n) is 17.0. The highest BCUT2D eigenvalue weighted by atomic mass is 79.9. The van der Waals surface area contributed by atoms with Crippen molar-refractivity contribution in [3.05, 3.63) is 62.0 Å². The number of hydrogen-bond donors (Lipinski definition) is 2. The zero-order valence-corrected chi connectivity index (χ0v) is 20.2. The molecule has 1 fully saturated rings. The summed E-state index contributed by atoms with van der Waals surface area (Å²) >= 11 is 6.58. The van der Waals surface area contributed by atoms with Crippen LogP contribution in [0.1, 0.15) is 30.9 Å². The summed E-state index contributed by atoms with van der Waals surface area (Å²) in [6, 6.07) is 9.26. The van der Waals surface area contributed by atoms with Crippen molar-refractivity contribution in [2.45, 2.75) is 19.8 Å². The summed E-state index contributed by atoms with van der Waals surface area (Å²) in [4.78, 5) is 49.5. The number of aliphatic carboxylic acids is 1. The molecule has 10 heteroatoms. The Morgan fingerprint density at radius 1 is 1.12 bits per heavy atom. The summed E-state index contributed by atoms with van der Waals surface area (Å²) < 4.78 is 6.05. The average molecular weight is 566 g/mol. The SMILES string of the molecule is CC(C)c1ccc(N2C(=O)NC(=O)/C(=C\c3cc(Br)c(OCC(=O)O)c(Br)c3)C2=O)cc1. The number of urea groups is 1. The van der Waals surface area contributed by atoms with E-state index in [-0.39, 0.29) is 17.2 Å². The van der Waals surface area contributed by atoms with E-state index in [2.05, 4.69) is 37.2 Å². The van der Waals surface area contributed by atoms with Crippen LogP contribution in [0.4, 0.5) is 10.5 Å². The molecule has 1 saturated heterocycles. The Bertz CT molecular complexity index is 1120. The molecule has 2 N–H and O–H groups in total. The quantitative estimate of drug-likeness (QED) is 0.395. The third kappa shape index (κ3) is 5.08. The summed E-state index contributed by atoms with van der Waals surface area (Å²) in [6.07, 6.45) is 1.34. The van der Waals surface area contributed by atoms with Gasteiger partial charge in [-0.2, -0.15) is 0 Å². The number of carbonyl (C=O) groups is 4. The number of hydrogen-bond acceptors (Lipinski definition) is 5. The molecule has 3 rings (SSSR count). The fraction of sp³-hybridized carbons (Fsp3) is 0.182. The Balaban J connectivity index is 1.94. The minimum atomic E-state index is -1.13. The molecular weight excluding hydrogens is 548 g/mol. The first-order valence-corrected chi connectivity index (χ1v) is 11.0. The number of benzene rings is 2. The van der Waals surface area contributed by atoms with Gasteiger partial charge in [0, 0.05) is 0 Å². The molecule has 4 amide bonds. The Morgan fingerprint density at radius 2 is 1.72 bits per heavy atom. The standard InChI is InChI=1S/C22H18Br2N2O6/c1-11(2)13-3-5-14(6-4-13)26-21(30)15(20(29)25-22(26)31)7-12-8-16(23)19(17(24)9-12)32-10-18(27)28/h3-9,11H,10H2,1-2H3,(H,27,28)(H,25,29,31)/b15-7+. The molecule has 166 valence electrons. The second-order valence-electron chi connectivity index (χ2n) is 7.20. The van der Waals surface area contributed by atoms with Gasteiger partial charge in [0.25, 0.3) is 11.8 Å². The number of nitrogens with one attached hydrogen (secondary N) is 1. The molecule has 0 atom stereocenters. The number of halogens is 2. The van der Waals surface area contributed by atoms with Gasteiger partial charge in [-0.1, -0.05) is 26.0 Å². The predicted octanol–water partition coefficient (Wildman–Crippen LogP) is 4.46. The molecule has 2 aromatic rings. The maximum absolute atomic E-state index is 13.0. The summed E-state index contributed by atoms with van der Waals surface area (Å²) in [7, 11) is 0. The number of carboxylic acid groups (broad SMARTS) is 1. The van der Waals surface area contributed by atoms with Crippen molar-refractivity contribution in [1.82, 2.24) is 5.32 Å². The van der Waals surface area contributed by atoms with E-state index in [0.717, 1.165) is 10.5 Å². The van der Waals surface area contributed by atoms with Crippen LogP contribution in [0.3, 0.4) is 0 Å². The Morgan fingerprint density at radius 3 is 2.25 bits per heavy atom. The molecule has 0 spiro atoms. The van der Waals surface area contributed by atoms with Crippen molar-refractivity contribution in [2.75, 3.05) is 11.5 Å². The number of barbiturate groups is 1. The van der Waals surface area contributed by atoms with Crippen molar-refractivity contribution in [3.8, 4) is 5.75 Å². The highest BCUT2D eigenvalue weighted by Gasteiger charge is 2.36. The van der Waals surface area contributed by atoms with Crippen molar-refractivity contribution in [3.63, 3.8) is 0 Å². The third-order valence-electron chi connectivity index (χ3n) is 4.59. The lowest BCUT2D eigenvalue weighted by molar-refractivity contribution is -0.139. The lowest BCUT2D eigenvalue weighted by Gasteiger charge is -2.26. The predicted molar refractivity (Wildman–Crippen MR) is 125 cm³/mol. The van der Waals surface area contributed by atoms with E-state index >= 15 is 0 Å². The molecule has 32 heavy (non-hydrogen) atoms. The smallest absolute Gasteiger partial charge is 0.341 e. The van der Waals surface area contributed by atoms with E-state index in [1.165, 1.54) is 6.08 Å². The van der Waals surface area contributed by atoms with Crippen LogP contribution in [0.25, 0.3) is 6.08 Å². The minimum Gasteiger partial charge on any atom is -0.480 e. The highest BCUT2D eigenvalue weighted by Crippen LogP contribution is 2.36. The van der Waals surface area contributed by atoms with Gasteiger partial charge in [0.15, 0.2) is 6.61 Å². The Hall–Kier alpha value is -2.98. The molecule has 0 saturated carbocycles. The zero-order chi connectivity index (χ0) is 23.6. The Kier molecular flexibility index (Phi) is 7.15. The van der Waals surface area contributed by atoms with Crippen LogP contribution < -0.4 is 15.0 Å². The van der Waals surface area contributed by atoms with E-state index in [9.17, 15) is 19.2 Å². The average Bonchev–Trinajstić information content (AvgIpc) is 2.70. The summed E-state index contributed by atoms with van der Waals surface area (Å²) in [5.74, 6) is -2.16. The fourth-order valence-corrected chi connectivity index (χ4v) is 4.45. The first-order chi connectivity index (χ1) is 15.1. The third-order valence-corrected chi connectivity index (χ3v) is 5.77. The first kappa shape index (κ1) is 23.7. The van der Waals surface area contributed by atoms with Crippen LogP contribution >= 0.6 is 31.9 Å². The minimum absolute atomic E-state index is 0.226. The molecule has 1 aliphatic heterocycles. The number of imide groups is 2. The van der Waals surface area contributed by atoms with Gasteiger partial charge in [-0.15, -0.1) is 0 Å². The lowest BCUT2D eigenvalue weighted by Crippen LogP contribution is -2.54. The van der Waals surface area contributed by atoms with Gasteiger partial charge in [-0.05, 0) is 79.2 Å². The van der Waals surface area contributed by atoms with Crippen LogP contribution in [0.2, 0.25) is 0 Å².